The van der Waals surface area contributed by atoms with Crippen molar-refractivity contribution in [1.82, 2.24) is 5.16 Å². The monoisotopic (exact) mass is 194 g/mol. The molecule has 1 heterocycles. The van der Waals surface area contributed by atoms with Gasteiger partial charge in [0.05, 0.1) is 5.69 Å². The topological polar surface area (TPSA) is 55.1 Å². The predicted octanol–water partition coefficient (Wildman–Crippen LogP) is 1.48. The van der Waals surface area contributed by atoms with Crippen molar-refractivity contribution in [3.63, 3.8) is 0 Å². The Labute approximate surface area is 70.7 Å². The number of aryl methyl sites for hydroxylation is 1. The SMILES string of the molecule is Cc1cc(NC(=O)C(F)(F)F)on1. The highest BCUT2D eigenvalue weighted by Crippen LogP contribution is 2.18. The van der Waals surface area contributed by atoms with E-state index in [0.717, 1.165) is 0 Å². The molecule has 1 rings (SSSR count). The zero-order chi connectivity index (χ0) is 10.1. The summed E-state index contributed by atoms with van der Waals surface area (Å²) in [7, 11) is 0. The van der Waals surface area contributed by atoms with Crippen molar-refractivity contribution < 1.29 is 22.5 Å². The minimum Gasteiger partial charge on any atom is -0.338 e. The van der Waals surface area contributed by atoms with E-state index in [4.69, 9.17) is 0 Å². The Morgan fingerprint density at radius 3 is 2.62 bits per heavy atom. The molecular weight excluding hydrogens is 189 g/mol. The summed E-state index contributed by atoms with van der Waals surface area (Å²) in [5.41, 5.74) is 0.387. The van der Waals surface area contributed by atoms with Gasteiger partial charge in [0.2, 0.25) is 5.88 Å². The fourth-order valence-corrected chi connectivity index (χ4v) is 0.605. The van der Waals surface area contributed by atoms with E-state index < -0.39 is 12.1 Å². The van der Waals surface area contributed by atoms with Gasteiger partial charge in [-0.3, -0.25) is 10.1 Å². The van der Waals surface area contributed by atoms with E-state index in [1.165, 1.54) is 18.3 Å². The number of hydrogen-bond donors (Lipinski definition) is 1. The molecule has 1 aromatic heterocycles. The van der Waals surface area contributed by atoms with Crippen molar-refractivity contribution in [3.05, 3.63) is 11.8 Å². The molecule has 0 radical (unpaired) electrons. The van der Waals surface area contributed by atoms with Gasteiger partial charge in [-0.15, -0.1) is 0 Å². The summed E-state index contributed by atoms with van der Waals surface area (Å²) in [6.07, 6.45) is -4.92. The summed E-state index contributed by atoms with van der Waals surface area (Å²) >= 11 is 0. The van der Waals surface area contributed by atoms with Crippen LogP contribution in [0.3, 0.4) is 0 Å². The van der Waals surface area contributed by atoms with Gasteiger partial charge in [-0.25, -0.2) is 0 Å². The number of halogens is 3. The van der Waals surface area contributed by atoms with Gasteiger partial charge in [-0.2, -0.15) is 13.2 Å². The minimum absolute atomic E-state index is 0.320. The van der Waals surface area contributed by atoms with Gasteiger partial charge in [-0.1, -0.05) is 5.16 Å². The van der Waals surface area contributed by atoms with Crippen LogP contribution in [0.25, 0.3) is 0 Å². The molecule has 4 nitrogen and oxygen atoms in total. The Morgan fingerprint density at radius 2 is 2.23 bits per heavy atom. The molecule has 1 aromatic rings. The largest absolute Gasteiger partial charge is 0.471 e. The Morgan fingerprint density at radius 1 is 1.62 bits per heavy atom. The number of rotatable bonds is 1. The van der Waals surface area contributed by atoms with Gasteiger partial charge in [-0.05, 0) is 6.92 Å². The molecule has 0 aliphatic heterocycles. The lowest BCUT2D eigenvalue weighted by molar-refractivity contribution is -0.167. The number of alkyl halides is 3. The van der Waals surface area contributed by atoms with Gasteiger partial charge in [0.25, 0.3) is 0 Å². The van der Waals surface area contributed by atoms with Gasteiger partial charge in [0.1, 0.15) is 0 Å². The van der Waals surface area contributed by atoms with E-state index >= 15 is 0 Å². The number of carbonyl (C=O) groups excluding carboxylic acids is 1. The van der Waals surface area contributed by atoms with Crippen LogP contribution in [0.1, 0.15) is 5.69 Å². The van der Waals surface area contributed by atoms with Crippen LogP contribution < -0.4 is 5.32 Å². The maximum absolute atomic E-state index is 11.7. The number of carbonyl (C=O) groups is 1. The van der Waals surface area contributed by atoms with Gasteiger partial charge in [0, 0.05) is 6.07 Å². The molecule has 13 heavy (non-hydrogen) atoms. The third-order valence-electron chi connectivity index (χ3n) is 1.12. The molecular formula is C6H5F3N2O2. The Hall–Kier alpha value is -1.53. The average molecular weight is 194 g/mol. The standard InChI is InChI=1S/C6H5F3N2O2/c1-3-2-4(13-11-3)10-5(12)6(7,8)9/h2H,1H3,(H,10,12). The predicted molar refractivity (Wildman–Crippen MR) is 35.9 cm³/mol. The molecule has 0 unspecified atom stereocenters. The van der Waals surface area contributed by atoms with Crippen molar-refractivity contribution >= 4 is 11.8 Å². The molecule has 0 saturated heterocycles. The number of anilines is 1. The fourth-order valence-electron chi connectivity index (χ4n) is 0.605. The number of hydrogen-bond acceptors (Lipinski definition) is 3. The first-order valence-electron chi connectivity index (χ1n) is 3.21. The maximum atomic E-state index is 11.7. The molecule has 0 saturated carbocycles. The number of aromatic nitrogens is 1. The first-order chi connectivity index (χ1) is 5.89. The lowest BCUT2D eigenvalue weighted by Gasteiger charge is -2.03. The van der Waals surface area contributed by atoms with Crippen LogP contribution in [0.15, 0.2) is 10.6 Å². The van der Waals surface area contributed by atoms with Crippen molar-refractivity contribution in [2.24, 2.45) is 0 Å². The molecule has 0 spiro atoms. The van der Waals surface area contributed by atoms with E-state index in [9.17, 15) is 18.0 Å². The van der Waals surface area contributed by atoms with Crippen LogP contribution in [-0.4, -0.2) is 17.2 Å². The van der Waals surface area contributed by atoms with E-state index in [0.29, 0.717) is 5.69 Å². The second kappa shape index (κ2) is 3.08. The highest BCUT2D eigenvalue weighted by atomic mass is 19.4. The molecule has 0 aliphatic carbocycles. The molecule has 0 atom stereocenters. The molecule has 0 aromatic carbocycles. The minimum atomic E-state index is -4.92. The number of amides is 1. The van der Waals surface area contributed by atoms with Crippen molar-refractivity contribution in [2.45, 2.75) is 13.1 Å². The van der Waals surface area contributed by atoms with Crippen LogP contribution in [0.4, 0.5) is 19.1 Å². The van der Waals surface area contributed by atoms with Gasteiger partial charge < -0.3 is 4.52 Å². The van der Waals surface area contributed by atoms with Crippen LogP contribution in [0.2, 0.25) is 0 Å². The molecule has 0 fully saturated rings. The van der Waals surface area contributed by atoms with E-state index in [-0.39, 0.29) is 5.88 Å². The highest BCUT2D eigenvalue weighted by molar-refractivity contribution is 5.93. The maximum Gasteiger partial charge on any atom is 0.471 e. The first kappa shape index (κ1) is 9.56. The van der Waals surface area contributed by atoms with Crippen molar-refractivity contribution in [3.8, 4) is 0 Å². The molecule has 1 amide bonds. The smallest absolute Gasteiger partial charge is 0.338 e. The molecule has 7 heteroatoms. The zero-order valence-corrected chi connectivity index (χ0v) is 6.47. The summed E-state index contributed by atoms with van der Waals surface area (Å²) in [5, 5.41) is 4.80. The lowest BCUT2D eigenvalue weighted by atomic mass is 10.4. The molecule has 72 valence electrons. The summed E-state index contributed by atoms with van der Waals surface area (Å²) in [6, 6.07) is 1.18. The van der Waals surface area contributed by atoms with Gasteiger partial charge in [0.15, 0.2) is 0 Å². The Balaban J connectivity index is 2.65. The summed E-state index contributed by atoms with van der Waals surface area (Å²) in [6.45, 7) is 1.52. The first-order valence-corrected chi connectivity index (χ1v) is 3.21. The van der Waals surface area contributed by atoms with Crippen LogP contribution in [0, 0.1) is 6.92 Å². The van der Waals surface area contributed by atoms with E-state index in [2.05, 4.69) is 9.68 Å². The highest BCUT2D eigenvalue weighted by Gasteiger charge is 2.39. The molecule has 1 N–H and O–H groups in total. The summed E-state index contributed by atoms with van der Waals surface area (Å²) in [4.78, 5) is 10.3. The Kier molecular flexibility index (Phi) is 2.26. The van der Waals surface area contributed by atoms with Crippen LogP contribution >= 0.6 is 0 Å². The summed E-state index contributed by atoms with van der Waals surface area (Å²) < 4.78 is 39.4. The fraction of sp³-hybridized carbons (Fsp3) is 0.333. The van der Waals surface area contributed by atoms with Crippen molar-refractivity contribution in [2.75, 3.05) is 5.32 Å². The third-order valence-corrected chi connectivity index (χ3v) is 1.12. The van der Waals surface area contributed by atoms with Crippen molar-refractivity contribution in [1.29, 1.82) is 0 Å². The van der Waals surface area contributed by atoms with Crippen LogP contribution in [-0.2, 0) is 4.79 Å². The molecule has 0 bridgehead atoms. The third kappa shape index (κ3) is 2.46. The summed E-state index contributed by atoms with van der Waals surface area (Å²) in [5.74, 6) is -2.40. The normalized spacial score (nSPS) is 11.4. The quantitative estimate of drug-likeness (QED) is 0.736. The number of nitrogens with zero attached hydrogens (tertiary/aromatic N) is 1. The van der Waals surface area contributed by atoms with Gasteiger partial charge >= 0.3 is 12.1 Å². The number of nitrogens with one attached hydrogen (secondary N) is 1. The second-order valence-electron chi connectivity index (χ2n) is 2.28. The zero-order valence-electron chi connectivity index (χ0n) is 6.47. The average Bonchev–Trinajstić information content (AvgIpc) is 2.33. The Bertz CT molecular complexity index is 318. The lowest BCUT2D eigenvalue weighted by Crippen LogP contribution is -2.29. The second-order valence-corrected chi connectivity index (χ2v) is 2.28. The van der Waals surface area contributed by atoms with E-state index in [1.54, 1.807) is 0 Å². The van der Waals surface area contributed by atoms with Crippen LogP contribution in [0.5, 0.6) is 0 Å². The van der Waals surface area contributed by atoms with E-state index in [1.807, 2.05) is 0 Å². The molecule has 0 aliphatic rings.